The lowest BCUT2D eigenvalue weighted by Gasteiger charge is -2.11. The van der Waals surface area contributed by atoms with E-state index in [1.54, 1.807) is 19.2 Å². The number of hydrogen-bond donors (Lipinski definition) is 0. The number of fused-ring (bicyclic) bond motifs is 1. The molecule has 108 valence electrons. The summed E-state index contributed by atoms with van der Waals surface area (Å²) in [5, 5.41) is 0.879. The van der Waals surface area contributed by atoms with Crippen molar-refractivity contribution in [3.8, 4) is 5.75 Å². The number of thiophene rings is 1. The zero-order valence-electron chi connectivity index (χ0n) is 11.5. The van der Waals surface area contributed by atoms with E-state index in [9.17, 15) is 4.39 Å². The smallest absolute Gasteiger partial charge is 0.124 e. The van der Waals surface area contributed by atoms with Crippen molar-refractivity contribution in [1.29, 1.82) is 0 Å². The van der Waals surface area contributed by atoms with Gasteiger partial charge in [-0.2, -0.15) is 0 Å². The van der Waals surface area contributed by atoms with E-state index < -0.39 is 0 Å². The molecule has 0 spiro atoms. The van der Waals surface area contributed by atoms with E-state index in [2.05, 4.69) is 0 Å². The minimum Gasteiger partial charge on any atom is -0.496 e. The van der Waals surface area contributed by atoms with E-state index >= 15 is 0 Å². The first kappa shape index (κ1) is 14.4. The van der Waals surface area contributed by atoms with Crippen LogP contribution in [0, 0.1) is 5.82 Å². The Hall–Kier alpha value is -1.58. The van der Waals surface area contributed by atoms with Crippen molar-refractivity contribution in [1.82, 2.24) is 0 Å². The summed E-state index contributed by atoms with van der Waals surface area (Å²) in [6.45, 7) is 0. The van der Waals surface area contributed by atoms with Gasteiger partial charge < -0.3 is 4.74 Å². The van der Waals surface area contributed by atoms with E-state index in [1.807, 2.05) is 30.3 Å². The average Bonchev–Trinajstić information content (AvgIpc) is 2.91. The third kappa shape index (κ3) is 3.04. The minimum atomic E-state index is -0.216. The van der Waals surface area contributed by atoms with Gasteiger partial charge >= 0.3 is 0 Å². The Bertz CT molecular complexity index is 768. The molecule has 0 saturated heterocycles. The number of hydrogen-bond acceptors (Lipinski definition) is 2. The van der Waals surface area contributed by atoms with E-state index in [-0.39, 0.29) is 11.2 Å². The molecule has 0 saturated carbocycles. The molecule has 3 aromatic rings. The molecule has 1 nitrogen and oxygen atoms in total. The van der Waals surface area contributed by atoms with Crippen LogP contribution in [0.5, 0.6) is 5.75 Å². The fourth-order valence-corrected chi connectivity index (χ4v) is 3.78. The third-order valence-corrected chi connectivity index (χ3v) is 5.13. The Kier molecular flexibility index (Phi) is 4.13. The molecule has 3 rings (SSSR count). The van der Waals surface area contributed by atoms with E-state index in [0.717, 1.165) is 26.3 Å². The standard InChI is InChI=1S/C17H14ClFOS/c1-20-15-5-3-2-4-11(15)8-14(18)17-9-12-6-7-13(19)10-16(12)21-17/h2-7,9-10,14H,8H2,1H3. The highest BCUT2D eigenvalue weighted by molar-refractivity contribution is 7.19. The summed E-state index contributed by atoms with van der Waals surface area (Å²) < 4.78 is 19.5. The van der Waals surface area contributed by atoms with E-state index in [0.29, 0.717) is 6.42 Å². The molecule has 0 aliphatic carbocycles. The SMILES string of the molecule is COc1ccccc1CC(Cl)c1cc2ccc(F)cc2s1. The monoisotopic (exact) mass is 320 g/mol. The van der Waals surface area contributed by atoms with Crippen LogP contribution in [-0.2, 0) is 6.42 Å². The molecule has 0 amide bonds. The minimum absolute atomic E-state index is 0.151. The van der Waals surface area contributed by atoms with Crippen molar-refractivity contribution in [3.63, 3.8) is 0 Å². The predicted octanol–water partition coefficient (Wildman–Crippen LogP) is 5.57. The summed E-state index contributed by atoms with van der Waals surface area (Å²) >= 11 is 8.08. The average molecular weight is 321 g/mol. The zero-order valence-corrected chi connectivity index (χ0v) is 13.0. The Morgan fingerprint density at radius 2 is 2.00 bits per heavy atom. The van der Waals surface area contributed by atoms with Gasteiger partial charge in [-0.3, -0.25) is 0 Å². The largest absolute Gasteiger partial charge is 0.496 e. The van der Waals surface area contributed by atoms with Crippen molar-refractivity contribution in [3.05, 3.63) is 64.8 Å². The van der Waals surface area contributed by atoms with Gasteiger partial charge in [0.2, 0.25) is 0 Å². The molecule has 1 unspecified atom stereocenters. The van der Waals surface area contributed by atoms with Crippen LogP contribution in [0.4, 0.5) is 4.39 Å². The van der Waals surface area contributed by atoms with Gasteiger partial charge in [0.15, 0.2) is 0 Å². The molecule has 2 aromatic carbocycles. The lowest BCUT2D eigenvalue weighted by molar-refractivity contribution is 0.409. The lowest BCUT2D eigenvalue weighted by atomic mass is 10.1. The first-order chi connectivity index (χ1) is 10.2. The van der Waals surface area contributed by atoms with Crippen LogP contribution in [0.2, 0.25) is 0 Å². The third-order valence-electron chi connectivity index (χ3n) is 3.40. The van der Waals surface area contributed by atoms with Gasteiger partial charge in [-0.25, -0.2) is 4.39 Å². The fraction of sp³-hybridized carbons (Fsp3) is 0.176. The van der Waals surface area contributed by atoms with Crippen molar-refractivity contribution in [2.24, 2.45) is 0 Å². The van der Waals surface area contributed by atoms with E-state index in [4.69, 9.17) is 16.3 Å². The Morgan fingerprint density at radius 3 is 2.81 bits per heavy atom. The second kappa shape index (κ2) is 6.04. The molecule has 0 radical (unpaired) electrons. The summed E-state index contributed by atoms with van der Waals surface area (Å²) in [4.78, 5) is 1.04. The molecular weight excluding hydrogens is 307 g/mol. The van der Waals surface area contributed by atoms with Crippen molar-refractivity contribution in [2.75, 3.05) is 7.11 Å². The van der Waals surface area contributed by atoms with Gasteiger partial charge in [0.1, 0.15) is 11.6 Å². The van der Waals surface area contributed by atoms with Gasteiger partial charge in [-0.05, 0) is 41.6 Å². The quantitative estimate of drug-likeness (QED) is 0.571. The maximum Gasteiger partial charge on any atom is 0.124 e. The van der Waals surface area contributed by atoms with E-state index in [1.165, 1.54) is 17.4 Å². The Balaban J connectivity index is 1.88. The number of rotatable bonds is 4. The summed E-state index contributed by atoms with van der Waals surface area (Å²) in [5.74, 6) is 0.627. The summed E-state index contributed by atoms with van der Waals surface area (Å²) in [6, 6.07) is 14.7. The second-order valence-corrected chi connectivity index (χ2v) is 6.46. The van der Waals surface area contributed by atoms with Gasteiger partial charge in [-0.15, -0.1) is 22.9 Å². The molecule has 0 fully saturated rings. The van der Waals surface area contributed by atoms with Crippen LogP contribution >= 0.6 is 22.9 Å². The van der Waals surface area contributed by atoms with Crippen molar-refractivity contribution < 1.29 is 9.13 Å². The normalized spacial score (nSPS) is 12.5. The molecular formula is C17H14ClFOS. The van der Waals surface area contributed by atoms with Crippen LogP contribution in [0.15, 0.2) is 48.5 Å². The lowest BCUT2D eigenvalue weighted by Crippen LogP contribution is -1.96. The van der Waals surface area contributed by atoms with Crippen LogP contribution in [-0.4, -0.2) is 7.11 Å². The molecule has 21 heavy (non-hydrogen) atoms. The number of alkyl halides is 1. The predicted molar refractivity (Wildman–Crippen MR) is 87.1 cm³/mol. The number of para-hydroxylation sites is 1. The molecule has 0 aliphatic heterocycles. The number of halogens is 2. The molecule has 1 heterocycles. The number of benzene rings is 2. The maximum atomic E-state index is 13.2. The summed E-state index contributed by atoms with van der Waals surface area (Å²) in [5.41, 5.74) is 1.07. The highest BCUT2D eigenvalue weighted by Crippen LogP contribution is 2.36. The number of ether oxygens (including phenoxy) is 1. The topological polar surface area (TPSA) is 9.23 Å². The van der Waals surface area contributed by atoms with Crippen molar-refractivity contribution >= 4 is 33.0 Å². The molecule has 0 bridgehead atoms. The molecule has 0 N–H and O–H groups in total. The van der Waals surface area contributed by atoms with Gasteiger partial charge in [-0.1, -0.05) is 24.3 Å². The first-order valence-corrected chi connectivity index (χ1v) is 7.87. The number of methoxy groups -OCH3 is 1. The molecule has 1 atom stereocenters. The van der Waals surface area contributed by atoms with Gasteiger partial charge in [0.25, 0.3) is 0 Å². The highest BCUT2D eigenvalue weighted by atomic mass is 35.5. The molecule has 4 heteroatoms. The maximum absolute atomic E-state index is 13.2. The Morgan fingerprint density at radius 1 is 1.19 bits per heavy atom. The molecule has 0 aliphatic rings. The zero-order chi connectivity index (χ0) is 14.8. The van der Waals surface area contributed by atoms with Crippen LogP contribution in [0.1, 0.15) is 15.8 Å². The summed E-state index contributed by atoms with van der Waals surface area (Å²) in [6.07, 6.45) is 0.681. The van der Waals surface area contributed by atoms with Crippen LogP contribution in [0.3, 0.4) is 0 Å². The first-order valence-electron chi connectivity index (χ1n) is 6.62. The van der Waals surface area contributed by atoms with Gasteiger partial charge in [0.05, 0.1) is 12.5 Å². The fourth-order valence-electron chi connectivity index (χ4n) is 2.35. The van der Waals surface area contributed by atoms with Crippen molar-refractivity contribution in [2.45, 2.75) is 11.8 Å². The summed E-state index contributed by atoms with van der Waals surface area (Å²) in [7, 11) is 1.66. The highest BCUT2D eigenvalue weighted by Gasteiger charge is 2.15. The van der Waals surface area contributed by atoms with Crippen LogP contribution < -0.4 is 4.74 Å². The van der Waals surface area contributed by atoms with Crippen LogP contribution in [0.25, 0.3) is 10.1 Å². The Labute approximate surface area is 131 Å². The molecule has 1 aromatic heterocycles. The second-order valence-electron chi connectivity index (χ2n) is 4.81. The van der Waals surface area contributed by atoms with Gasteiger partial charge in [0, 0.05) is 9.58 Å².